The fourth-order valence-electron chi connectivity index (χ4n) is 0.818. The van der Waals surface area contributed by atoms with Crippen LogP contribution in [0.5, 0.6) is 0 Å². The molecule has 0 fully saturated rings. The van der Waals surface area contributed by atoms with E-state index in [0.717, 1.165) is 0 Å². The molecule has 1 aromatic rings. The molecule has 0 radical (unpaired) electrons. The average molecular weight is 185 g/mol. The number of hydrogen-bond donors (Lipinski definition) is 1. The molecule has 1 aromatic carbocycles. The summed E-state index contributed by atoms with van der Waals surface area (Å²) in [5.74, 6) is 0. The smallest absolute Gasteiger partial charge is 0.279 e. The van der Waals surface area contributed by atoms with Gasteiger partial charge in [0.05, 0.1) is 10.5 Å². The van der Waals surface area contributed by atoms with Gasteiger partial charge in [-0.1, -0.05) is 23.7 Å². The normalized spacial score (nSPS) is 9.42. The highest BCUT2D eigenvalue weighted by atomic mass is 35.5. The summed E-state index contributed by atoms with van der Waals surface area (Å²) in [6.07, 6.45) is 0. The largest absolute Gasteiger partial charge is 0.289 e. The van der Waals surface area contributed by atoms with Gasteiger partial charge in [-0.25, -0.2) is 0 Å². The van der Waals surface area contributed by atoms with Crippen molar-refractivity contribution in [2.75, 3.05) is 0 Å². The monoisotopic (exact) mass is 184 g/mol. The number of nitro benzene ring substituents is 1. The Morgan fingerprint density at radius 2 is 2.08 bits per heavy atom. The molecule has 4 nitrogen and oxygen atoms in total. The Labute approximate surface area is 73.4 Å². The van der Waals surface area contributed by atoms with Gasteiger partial charge < -0.3 is 0 Å². The fraction of sp³-hybridized carbons (Fsp3) is 0. The van der Waals surface area contributed by atoms with Crippen LogP contribution in [0.3, 0.4) is 0 Å². The van der Waals surface area contributed by atoms with Crippen molar-refractivity contribution < 1.29 is 4.92 Å². The van der Waals surface area contributed by atoms with Gasteiger partial charge in [-0.15, -0.1) is 0 Å². The van der Waals surface area contributed by atoms with Crippen LogP contribution in [-0.2, 0) is 0 Å². The van der Waals surface area contributed by atoms with Crippen LogP contribution >= 0.6 is 11.6 Å². The standard InChI is InChI=1S/C7H5ClN2O2/c8-7(9)5-3-1-2-4-6(5)10(11)12/h1-4,9H. The predicted molar refractivity (Wildman–Crippen MR) is 45.8 cm³/mol. The summed E-state index contributed by atoms with van der Waals surface area (Å²) < 4.78 is 0. The summed E-state index contributed by atoms with van der Waals surface area (Å²) in [4.78, 5) is 9.81. The molecule has 0 aliphatic heterocycles. The second kappa shape index (κ2) is 3.32. The molecule has 0 unspecified atom stereocenters. The molecule has 0 aromatic heterocycles. The van der Waals surface area contributed by atoms with Gasteiger partial charge in [0.15, 0.2) is 0 Å². The molecule has 0 amide bonds. The minimum absolute atomic E-state index is 0.141. The third kappa shape index (κ3) is 1.60. The van der Waals surface area contributed by atoms with Crippen LogP contribution in [0.1, 0.15) is 5.56 Å². The first-order valence-corrected chi connectivity index (χ1v) is 3.48. The first kappa shape index (κ1) is 8.67. The zero-order valence-corrected chi connectivity index (χ0v) is 6.71. The van der Waals surface area contributed by atoms with E-state index in [9.17, 15) is 10.1 Å². The van der Waals surface area contributed by atoms with E-state index in [-0.39, 0.29) is 16.4 Å². The van der Waals surface area contributed by atoms with Crippen molar-refractivity contribution in [1.29, 1.82) is 5.41 Å². The van der Waals surface area contributed by atoms with Crippen LogP contribution in [0.4, 0.5) is 5.69 Å². The van der Waals surface area contributed by atoms with Gasteiger partial charge in [0, 0.05) is 6.07 Å². The van der Waals surface area contributed by atoms with Gasteiger partial charge in [-0.05, 0) is 6.07 Å². The van der Waals surface area contributed by atoms with E-state index < -0.39 is 4.92 Å². The third-order valence-electron chi connectivity index (χ3n) is 1.34. The lowest BCUT2D eigenvalue weighted by molar-refractivity contribution is -0.385. The Hall–Kier alpha value is -1.42. The number of halogens is 1. The minimum atomic E-state index is -0.563. The molecule has 0 aliphatic carbocycles. The summed E-state index contributed by atoms with van der Waals surface area (Å²) >= 11 is 5.33. The Balaban J connectivity index is 3.27. The van der Waals surface area contributed by atoms with Gasteiger partial charge >= 0.3 is 0 Å². The van der Waals surface area contributed by atoms with Crippen LogP contribution in [0, 0.1) is 15.5 Å². The molecule has 5 heteroatoms. The molecule has 1 N–H and O–H groups in total. The third-order valence-corrected chi connectivity index (χ3v) is 1.54. The van der Waals surface area contributed by atoms with Crippen molar-refractivity contribution in [3.63, 3.8) is 0 Å². The molecule has 0 aliphatic rings. The van der Waals surface area contributed by atoms with E-state index in [4.69, 9.17) is 17.0 Å². The Morgan fingerprint density at radius 1 is 1.50 bits per heavy atom. The molecular weight excluding hydrogens is 180 g/mol. The number of nitrogens with one attached hydrogen (secondary N) is 1. The zero-order valence-electron chi connectivity index (χ0n) is 5.95. The zero-order chi connectivity index (χ0) is 9.14. The van der Waals surface area contributed by atoms with E-state index in [1.54, 1.807) is 6.07 Å². The summed E-state index contributed by atoms with van der Waals surface area (Å²) in [7, 11) is 0. The lowest BCUT2D eigenvalue weighted by Crippen LogP contribution is -1.97. The molecule has 0 bridgehead atoms. The number of nitrogens with zero attached hydrogens (tertiary/aromatic N) is 1. The van der Waals surface area contributed by atoms with Gasteiger partial charge in [-0.3, -0.25) is 15.5 Å². The molecule has 0 spiro atoms. The molecule has 62 valence electrons. The first-order valence-electron chi connectivity index (χ1n) is 3.11. The quantitative estimate of drug-likeness (QED) is 0.435. The molecular formula is C7H5ClN2O2. The Morgan fingerprint density at radius 3 is 2.50 bits per heavy atom. The van der Waals surface area contributed by atoms with Crippen LogP contribution in [0.25, 0.3) is 0 Å². The minimum Gasteiger partial charge on any atom is -0.289 e. The van der Waals surface area contributed by atoms with E-state index in [0.29, 0.717) is 0 Å². The van der Waals surface area contributed by atoms with Crippen molar-refractivity contribution >= 4 is 22.5 Å². The highest BCUT2D eigenvalue weighted by Crippen LogP contribution is 2.18. The van der Waals surface area contributed by atoms with Crippen LogP contribution < -0.4 is 0 Å². The topological polar surface area (TPSA) is 67.0 Å². The number of hydrogen-bond acceptors (Lipinski definition) is 3. The molecule has 0 atom stereocenters. The van der Waals surface area contributed by atoms with Crippen LogP contribution in [0.15, 0.2) is 24.3 Å². The Bertz CT molecular complexity index is 305. The Kier molecular flexibility index (Phi) is 2.40. The summed E-state index contributed by atoms with van der Waals surface area (Å²) in [5.41, 5.74) is 0.00154. The highest BCUT2D eigenvalue weighted by Gasteiger charge is 2.14. The lowest BCUT2D eigenvalue weighted by Gasteiger charge is -1.96. The van der Waals surface area contributed by atoms with Crippen molar-refractivity contribution in [3.05, 3.63) is 39.9 Å². The lowest BCUT2D eigenvalue weighted by atomic mass is 10.2. The first-order chi connectivity index (χ1) is 5.63. The van der Waals surface area contributed by atoms with Gasteiger partial charge in [-0.2, -0.15) is 0 Å². The highest BCUT2D eigenvalue weighted by molar-refractivity contribution is 6.69. The van der Waals surface area contributed by atoms with Gasteiger partial charge in [0.1, 0.15) is 5.17 Å². The summed E-state index contributed by atoms with van der Waals surface area (Å²) in [5, 5.41) is 17.1. The van der Waals surface area contributed by atoms with Crippen molar-refractivity contribution in [1.82, 2.24) is 0 Å². The predicted octanol–water partition coefficient (Wildman–Crippen LogP) is 2.16. The molecule has 12 heavy (non-hydrogen) atoms. The molecule has 1 rings (SSSR count). The fourth-order valence-corrected chi connectivity index (χ4v) is 0.978. The van der Waals surface area contributed by atoms with Crippen LogP contribution in [-0.4, -0.2) is 10.1 Å². The maximum Gasteiger partial charge on any atom is 0.279 e. The maximum atomic E-state index is 10.4. The summed E-state index contributed by atoms with van der Waals surface area (Å²) in [6, 6.07) is 5.88. The second-order valence-electron chi connectivity index (χ2n) is 2.09. The van der Waals surface area contributed by atoms with E-state index in [2.05, 4.69) is 0 Å². The van der Waals surface area contributed by atoms with E-state index >= 15 is 0 Å². The van der Waals surface area contributed by atoms with Crippen molar-refractivity contribution in [3.8, 4) is 0 Å². The molecule has 0 saturated heterocycles. The van der Waals surface area contributed by atoms with E-state index in [1.165, 1.54) is 18.2 Å². The second-order valence-corrected chi connectivity index (χ2v) is 2.47. The number of nitro groups is 1. The number of benzene rings is 1. The number of para-hydroxylation sites is 1. The van der Waals surface area contributed by atoms with E-state index in [1.807, 2.05) is 0 Å². The molecule has 0 heterocycles. The SMILES string of the molecule is N=C(Cl)c1ccccc1[N+](=O)[O-]. The molecule has 0 saturated carbocycles. The van der Waals surface area contributed by atoms with Crippen molar-refractivity contribution in [2.45, 2.75) is 0 Å². The summed E-state index contributed by atoms with van der Waals surface area (Å²) in [6.45, 7) is 0. The average Bonchev–Trinajstić information content (AvgIpc) is 2.04. The van der Waals surface area contributed by atoms with Crippen molar-refractivity contribution in [2.24, 2.45) is 0 Å². The number of rotatable bonds is 2. The maximum absolute atomic E-state index is 10.4. The van der Waals surface area contributed by atoms with Crippen LogP contribution in [0.2, 0.25) is 0 Å². The van der Waals surface area contributed by atoms with Gasteiger partial charge in [0.2, 0.25) is 0 Å². The van der Waals surface area contributed by atoms with Gasteiger partial charge in [0.25, 0.3) is 5.69 Å².